The molecule has 0 atom stereocenters. The van der Waals surface area contributed by atoms with Crippen LogP contribution >= 0.6 is 0 Å². The Hall–Kier alpha value is -10.3. The zero-order valence-electron chi connectivity index (χ0n) is 43.5. The maximum atomic E-state index is 7.21. The van der Waals surface area contributed by atoms with Gasteiger partial charge in [0.05, 0.1) is 21.9 Å². The van der Waals surface area contributed by atoms with E-state index >= 15 is 0 Å². The predicted octanol–water partition coefficient (Wildman–Crippen LogP) is 20.2. The van der Waals surface area contributed by atoms with Gasteiger partial charge in [-0.05, 0) is 159 Å². The first-order valence-corrected chi connectivity index (χ1v) is 27.9. The minimum absolute atomic E-state index is 0.528. The Kier molecular flexibility index (Phi) is 8.83. The van der Waals surface area contributed by atoms with Crippen LogP contribution in [-0.4, -0.2) is 0 Å². The number of nitrogens with zero attached hydrogens (tertiary/aromatic N) is 1. The lowest BCUT2D eigenvalue weighted by Crippen LogP contribution is -2.26. The number of hydrogen-bond donors (Lipinski definition) is 0. The third-order valence-electron chi connectivity index (χ3n) is 18.5. The van der Waals surface area contributed by atoms with Crippen LogP contribution in [-0.2, 0) is 10.8 Å². The molecule has 0 bridgehead atoms. The van der Waals surface area contributed by atoms with E-state index in [0.29, 0.717) is 0 Å². The first kappa shape index (κ1) is 43.8. The van der Waals surface area contributed by atoms with Crippen molar-refractivity contribution in [1.29, 1.82) is 0 Å². The van der Waals surface area contributed by atoms with E-state index in [1.807, 2.05) is 0 Å². The molecule has 14 aromatic rings. The van der Waals surface area contributed by atoms with Gasteiger partial charge in [-0.2, -0.15) is 0 Å². The molecule has 2 heteroatoms. The Morgan fingerprint density at radius 1 is 0.250 bits per heavy atom. The van der Waals surface area contributed by atoms with Gasteiger partial charge in [-0.3, -0.25) is 0 Å². The van der Waals surface area contributed by atoms with Crippen molar-refractivity contribution in [2.24, 2.45) is 0 Å². The normalized spacial score (nSPS) is 13.9. The molecule has 0 saturated heterocycles. The van der Waals surface area contributed by atoms with E-state index in [0.717, 1.165) is 55.3 Å². The summed E-state index contributed by atoms with van der Waals surface area (Å²) >= 11 is 0. The fraction of sp³-hybridized carbons (Fsp3) is 0.0256. The maximum Gasteiger partial charge on any atom is 0.143 e. The fourth-order valence-electron chi connectivity index (χ4n) is 15.4. The van der Waals surface area contributed by atoms with Crippen LogP contribution in [0.5, 0.6) is 0 Å². The lowest BCUT2D eigenvalue weighted by Gasteiger charge is -2.33. The van der Waals surface area contributed by atoms with Crippen LogP contribution < -0.4 is 4.90 Å². The smallest absolute Gasteiger partial charge is 0.143 e. The molecule has 13 aromatic carbocycles. The maximum absolute atomic E-state index is 7.21. The predicted molar refractivity (Wildman–Crippen MR) is 329 cm³/mol. The van der Waals surface area contributed by atoms with Crippen LogP contribution in [0.25, 0.3) is 99.5 Å². The molecule has 80 heavy (non-hydrogen) atoms. The van der Waals surface area contributed by atoms with Gasteiger partial charge in [0.1, 0.15) is 11.2 Å². The second kappa shape index (κ2) is 16.1. The van der Waals surface area contributed by atoms with Gasteiger partial charge in [0.25, 0.3) is 0 Å². The van der Waals surface area contributed by atoms with Crippen molar-refractivity contribution in [1.82, 2.24) is 0 Å². The lowest BCUT2D eigenvalue weighted by atomic mass is 9.70. The largest absolute Gasteiger partial charge is 0.455 e. The van der Waals surface area contributed by atoms with Gasteiger partial charge in [0.2, 0.25) is 0 Å². The van der Waals surface area contributed by atoms with Crippen LogP contribution in [0.1, 0.15) is 44.5 Å². The van der Waals surface area contributed by atoms with Crippen LogP contribution in [0, 0.1) is 0 Å². The summed E-state index contributed by atoms with van der Waals surface area (Å²) in [5, 5.41) is 4.40. The summed E-state index contributed by atoms with van der Waals surface area (Å²) in [7, 11) is 0. The lowest BCUT2D eigenvalue weighted by molar-refractivity contribution is 0.672. The van der Waals surface area contributed by atoms with Gasteiger partial charge < -0.3 is 9.32 Å². The highest BCUT2D eigenvalue weighted by Gasteiger charge is 2.53. The molecule has 4 aliphatic carbocycles. The molecule has 0 saturated carbocycles. The van der Waals surface area contributed by atoms with Crippen molar-refractivity contribution in [3.63, 3.8) is 0 Å². The molecule has 0 unspecified atom stereocenters. The number of benzene rings is 13. The molecule has 2 spiro atoms. The highest BCUT2D eigenvalue weighted by molar-refractivity contribution is 6.23. The van der Waals surface area contributed by atoms with Crippen LogP contribution in [0.2, 0.25) is 0 Å². The van der Waals surface area contributed by atoms with Gasteiger partial charge in [0.15, 0.2) is 0 Å². The first-order chi connectivity index (χ1) is 39.7. The molecule has 1 aromatic heterocycles. The van der Waals surface area contributed by atoms with E-state index in [9.17, 15) is 0 Å². The number of anilines is 3. The number of furan rings is 1. The average molecular weight is 1010 g/mol. The third-order valence-corrected chi connectivity index (χ3v) is 18.5. The van der Waals surface area contributed by atoms with E-state index < -0.39 is 10.8 Å². The molecule has 2 nitrogen and oxygen atoms in total. The average Bonchev–Trinajstić information content (AvgIpc) is 4.47. The van der Waals surface area contributed by atoms with Crippen LogP contribution in [0.3, 0.4) is 0 Å². The Bertz CT molecular complexity index is 4640. The summed E-state index contributed by atoms with van der Waals surface area (Å²) in [4.78, 5) is 2.55. The van der Waals surface area contributed by atoms with Crippen LogP contribution in [0.4, 0.5) is 17.1 Å². The molecule has 0 amide bonds. The van der Waals surface area contributed by atoms with Crippen molar-refractivity contribution in [3.05, 3.63) is 330 Å². The summed E-state index contributed by atoms with van der Waals surface area (Å²) in [5.41, 5.74) is 29.4. The molecule has 370 valence electrons. The molecule has 0 fully saturated rings. The Morgan fingerprint density at radius 2 is 0.637 bits per heavy atom. The Labute approximate surface area is 463 Å². The van der Waals surface area contributed by atoms with Gasteiger partial charge in [-0.15, -0.1) is 0 Å². The molecule has 1 heterocycles. The zero-order chi connectivity index (χ0) is 52.3. The highest BCUT2D eigenvalue weighted by atomic mass is 16.3. The van der Waals surface area contributed by atoms with E-state index in [4.69, 9.17) is 4.42 Å². The SMILES string of the molecule is c1ccc(-c2ccc(-c3cc4c(oc5cccc(N(c6ccc7c(c6)C6(c8ccccc8-c8ccccc86)c6ccccc6-7)c6ccc7c(c6)C6(c8ccccc8-c8ccccc86)c6ccccc6-7)c54)c4ccccc34)cc2)cc1. The third kappa shape index (κ3) is 5.57. The van der Waals surface area contributed by atoms with Crippen molar-refractivity contribution < 1.29 is 4.42 Å². The standard InChI is InChI=1S/C78H47NO/c1-2-19-48(20-3-1)49-37-39-50(40-38-49)63-47-64-75-73(35-18-36-74(75)80-76(64)62-28-5-4-21-53(62)63)79(51-41-43-60-58-26-10-16-33-69(58)77(71(60)45-51)65-29-12-6-22-54(65)55-23-7-13-30-66(55)77)52-42-44-61-59-27-11-17-34-70(59)78(72(61)46-52)67-31-14-8-24-56(67)57-25-9-15-32-68(57)78/h1-47H. The molecular formula is C78H47NO. The summed E-state index contributed by atoms with van der Waals surface area (Å²) < 4.78 is 7.21. The van der Waals surface area contributed by atoms with E-state index in [2.05, 4.69) is 290 Å². The molecule has 0 aliphatic heterocycles. The number of hydrogen-bond acceptors (Lipinski definition) is 2. The van der Waals surface area contributed by atoms with Gasteiger partial charge in [-0.25, -0.2) is 0 Å². The summed E-state index contributed by atoms with van der Waals surface area (Å²) in [6.45, 7) is 0. The van der Waals surface area contributed by atoms with Gasteiger partial charge in [-0.1, -0.05) is 243 Å². The Morgan fingerprint density at radius 3 is 1.11 bits per heavy atom. The minimum atomic E-state index is -0.528. The molecule has 0 N–H and O–H groups in total. The van der Waals surface area contributed by atoms with Crippen molar-refractivity contribution in [3.8, 4) is 66.8 Å². The molecular weight excluding hydrogens is 967 g/mol. The number of fused-ring (bicyclic) bond motifs is 25. The highest BCUT2D eigenvalue weighted by Crippen LogP contribution is 2.66. The molecule has 4 aliphatic rings. The summed E-state index contributed by atoms with van der Waals surface area (Å²) in [6.07, 6.45) is 0. The summed E-state index contributed by atoms with van der Waals surface area (Å²) in [5.74, 6) is 0. The topological polar surface area (TPSA) is 16.4 Å². The second-order valence-electron chi connectivity index (χ2n) is 22.1. The van der Waals surface area contributed by atoms with Crippen molar-refractivity contribution in [2.75, 3.05) is 4.90 Å². The zero-order valence-corrected chi connectivity index (χ0v) is 43.5. The van der Waals surface area contributed by atoms with Gasteiger partial charge >= 0.3 is 0 Å². The van der Waals surface area contributed by atoms with Crippen molar-refractivity contribution >= 4 is 49.8 Å². The first-order valence-electron chi connectivity index (χ1n) is 27.9. The fourth-order valence-corrected chi connectivity index (χ4v) is 15.4. The van der Waals surface area contributed by atoms with E-state index in [-0.39, 0.29) is 0 Å². The van der Waals surface area contributed by atoms with E-state index in [1.54, 1.807) is 0 Å². The quantitative estimate of drug-likeness (QED) is 0.171. The second-order valence-corrected chi connectivity index (χ2v) is 22.1. The minimum Gasteiger partial charge on any atom is -0.455 e. The van der Waals surface area contributed by atoms with Crippen LogP contribution in [0.15, 0.2) is 290 Å². The monoisotopic (exact) mass is 1010 g/mol. The van der Waals surface area contributed by atoms with Gasteiger partial charge in [0, 0.05) is 22.1 Å². The Balaban J connectivity index is 0.930. The molecule has 0 radical (unpaired) electrons. The molecule has 18 rings (SSSR count). The van der Waals surface area contributed by atoms with Crippen molar-refractivity contribution in [2.45, 2.75) is 10.8 Å². The van der Waals surface area contributed by atoms with E-state index in [1.165, 1.54) is 106 Å². The number of rotatable bonds is 5. The summed E-state index contributed by atoms with van der Waals surface area (Å²) in [6, 6.07) is 107.